The average molecular weight is 764 g/mol. The molecule has 4 heteroatoms. The lowest BCUT2D eigenvalue weighted by atomic mass is 9.93. The first-order chi connectivity index (χ1) is 29.8. The van der Waals surface area contributed by atoms with E-state index in [4.69, 9.17) is 4.42 Å². The van der Waals surface area contributed by atoms with Gasteiger partial charge in [0.15, 0.2) is 0 Å². The van der Waals surface area contributed by atoms with Gasteiger partial charge >= 0.3 is 0 Å². The van der Waals surface area contributed by atoms with E-state index in [1.54, 1.807) is 0 Å². The van der Waals surface area contributed by atoms with E-state index < -0.39 is 0 Å². The zero-order valence-corrected chi connectivity index (χ0v) is 32.3. The molecule has 0 fully saturated rings. The molecule has 0 unspecified atom stereocenters. The van der Waals surface area contributed by atoms with Gasteiger partial charge in [-0.2, -0.15) is 0 Å². The summed E-state index contributed by atoms with van der Waals surface area (Å²) in [7, 11) is 0. The first-order valence-electron chi connectivity index (χ1n) is 20.6. The largest absolute Gasteiger partial charge is 0.456 e. The lowest BCUT2D eigenvalue weighted by Gasteiger charge is -2.27. The van der Waals surface area contributed by atoms with Crippen molar-refractivity contribution in [1.82, 2.24) is 8.80 Å². The molecule has 0 aliphatic heterocycles. The molecule has 0 radical (unpaired) electrons. The third-order valence-electron chi connectivity index (χ3n) is 13.0. The number of hydrogen-bond acceptors (Lipinski definition) is 2. The van der Waals surface area contributed by atoms with Crippen molar-refractivity contribution in [2.45, 2.75) is 0 Å². The summed E-state index contributed by atoms with van der Waals surface area (Å²) in [5.41, 5.74) is 14.6. The number of furan rings is 1. The SMILES string of the molecule is c1ccc2c(c1)cc(-c1ccc(N(c3ccc4c(c3)n3c5ccccc5c5ccc6c7ccccc7n4c6c53)c3cccc4oc5ccccc5c34)cc1)c1ccccc12. The van der Waals surface area contributed by atoms with Crippen LogP contribution in [0, 0.1) is 0 Å². The first kappa shape index (κ1) is 31.9. The summed E-state index contributed by atoms with van der Waals surface area (Å²) in [5.74, 6) is 0. The molecular formula is C56H33N3O. The Balaban J connectivity index is 1.06. The summed E-state index contributed by atoms with van der Waals surface area (Å²) in [6.07, 6.45) is 0. The minimum absolute atomic E-state index is 0.865. The molecule has 0 saturated heterocycles. The third kappa shape index (κ3) is 4.19. The van der Waals surface area contributed by atoms with Crippen molar-refractivity contribution >= 4 is 115 Å². The number of benzene rings is 10. The molecule has 0 aliphatic carbocycles. The van der Waals surface area contributed by atoms with Gasteiger partial charge in [0, 0.05) is 38.3 Å². The Labute approximate surface area is 343 Å². The fraction of sp³-hybridized carbons (Fsp3) is 0. The minimum Gasteiger partial charge on any atom is -0.456 e. The molecule has 4 nitrogen and oxygen atoms in total. The van der Waals surface area contributed by atoms with Crippen LogP contribution in [0.5, 0.6) is 0 Å². The maximum absolute atomic E-state index is 6.50. The van der Waals surface area contributed by atoms with E-state index in [1.807, 2.05) is 6.07 Å². The molecule has 10 aromatic carbocycles. The van der Waals surface area contributed by atoms with Crippen LogP contribution in [0.25, 0.3) is 109 Å². The zero-order valence-electron chi connectivity index (χ0n) is 32.3. The molecule has 278 valence electrons. The van der Waals surface area contributed by atoms with Gasteiger partial charge in [-0.1, -0.05) is 133 Å². The maximum atomic E-state index is 6.50. The Morgan fingerprint density at radius 2 is 0.933 bits per heavy atom. The summed E-state index contributed by atoms with van der Waals surface area (Å²) >= 11 is 0. The third-order valence-corrected chi connectivity index (χ3v) is 13.0. The molecule has 4 heterocycles. The lowest BCUT2D eigenvalue weighted by molar-refractivity contribution is 0.669. The van der Waals surface area contributed by atoms with E-state index in [-0.39, 0.29) is 0 Å². The molecule has 0 N–H and O–H groups in total. The molecule has 0 aliphatic rings. The van der Waals surface area contributed by atoms with Gasteiger partial charge in [0.1, 0.15) is 11.2 Å². The second-order valence-corrected chi connectivity index (χ2v) is 16.1. The molecule has 14 aromatic rings. The predicted molar refractivity (Wildman–Crippen MR) is 252 cm³/mol. The number of hydrogen-bond donors (Lipinski definition) is 0. The highest BCUT2D eigenvalue weighted by atomic mass is 16.3. The topological polar surface area (TPSA) is 25.2 Å². The fourth-order valence-electron chi connectivity index (χ4n) is 10.5. The highest BCUT2D eigenvalue weighted by molar-refractivity contribution is 6.25. The number of para-hydroxylation sites is 3. The van der Waals surface area contributed by atoms with Crippen molar-refractivity contribution in [2.75, 3.05) is 4.90 Å². The normalized spacial score (nSPS) is 12.3. The molecule has 14 rings (SSSR count). The zero-order chi connectivity index (χ0) is 39.1. The predicted octanol–water partition coefficient (Wildman–Crippen LogP) is 15.6. The Morgan fingerprint density at radius 3 is 1.68 bits per heavy atom. The molecule has 60 heavy (non-hydrogen) atoms. The van der Waals surface area contributed by atoms with E-state index in [9.17, 15) is 0 Å². The van der Waals surface area contributed by atoms with Crippen molar-refractivity contribution in [3.8, 4) is 11.1 Å². The van der Waals surface area contributed by atoms with E-state index in [1.165, 1.54) is 76.3 Å². The van der Waals surface area contributed by atoms with Gasteiger partial charge in [0.05, 0.1) is 44.2 Å². The Bertz CT molecular complexity index is 4070. The van der Waals surface area contributed by atoms with Gasteiger partial charge < -0.3 is 18.1 Å². The molecule has 0 spiro atoms. The standard InChI is InChI=1S/C56H33N3O/c1-2-13-38-35(12-1)32-46(40-15-4-3-14-39(38)40)34-24-26-36(27-25-34)57(50-21-11-23-53-54(50)45-18-7-10-22-52(45)60-53)37-28-31-49-51(33-37)59-48-20-9-6-17-42(48)44-30-29-43-41-16-5-8-19-47(41)58(49)55(43)56(44)59/h1-33H. The molecule has 0 saturated carbocycles. The van der Waals surface area contributed by atoms with Crippen LogP contribution in [-0.2, 0) is 0 Å². The summed E-state index contributed by atoms with van der Waals surface area (Å²) in [4.78, 5) is 2.42. The maximum Gasteiger partial charge on any atom is 0.137 e. The Hall–Kier alpha value is -8.08. The van der Waals surface area contributed by atoms with Crippen LogP contribution in [0.15, 0.2) is 205 Å². The molecular weight excluding hydrogens is 731 g/mol. The lowest BCUT2D eigenvalue weighted by Crippen LogP contribution is -2.11. The second kappa shape index (κ2) is 11.8. The highest BCUT2D eigenvalue weighted by Crippen LogP contribution is 2.47. The quantitative estimate of drug-likeness (QED) is 0.132. The van der Waals surface area contributed by atoms with Gasteiger partial charge in [-0.3, -0.25) is 0 Å². The molecule has 0 atom stereocenters. The smallest absolute Gasteiger partial charge is 0.137 e. The van der Waals surface area contributed by atoms with Crippen LogP contribution in [0.3, 0.4) is 0 Å². The number of rotatable bonds is 4. The van der Waals surface area contributed by atoms with Crippen LogP contribution in [0.1, 0.15) is 0 Å². The van der Waals surface area contributed by atoms with Crippen LogP contribution in [0.4, 0.5) is 17.1 Å². The number of anilines is 3. The van der Waals surface area contributed by atoms with E-state index >= 15 is 0 Å². The monoisotopic (exact) mass is 763 g/mol. The summed E-state index contributed by atoms with van der Waals surface area (Å²) < 4.78 is 11.5. The summed E-state index contributed by atoms with van der Waals surface area (Å²) in [6, 6.07) is 73.1. The van der Waals surface area contributed by atoms with Crippen molar-refractivity contribution in [3.05, 3.63) is 200 Å². The van der Waals surface area contributed by atoms with Crippen LogP contribution < -0.4 is 4.90 Å². The minimum atomic E-state index is 0.865. The van der Waals surface area contributed by atoms with Gasteiger partial charge in [-0.25, -0.2) is 0 Å². The molecule has 0 amide bonds. The highest BCUT2D eigenvalue weighted by Gasteiger charge is 2.24. The summed E-state index contributed by atoms with van der Waals surface area (Å²) in [5, 5.41) is 12.3. The van der Waals surface area contributed by atoms with Crippen LogP contribution in [-0.4, -0.2) is 8.80 Å². The Kier molecular flexibility index (Phi) is 6.26. The van der Waals surface area contributed by atoms with Crippen molar-refractivity contribution < 1.29 is 4.42 Å². The van der Waals surface area contributed by atoms with Crippen molar-refractivity contribution in [2.24, 2.45) is 0 Å². The van der Waals surface area contributed by atoms with E-state index in [0.29, 0.717) is 0 Å². The first-order valence-corrected chi connectivity index (χ1v) is 20.6. The van der Waals surface area contributed by atoms with Crippen LogP contribution >= 0.6 is 0 Å². The van der Waals surface area contributed by atoms with Crippen molar-refractivity contribution in [3.63, 3.8) is 0 Å². The second-order valence-electron chi connectivity index (χ2n) is 16.1. The fourth-order valence-corrected chi connectivity index (χ4v) is 10.5. The van der Waals surface area contributed by atoms with E-state index in [2.05, 4.69) is 208 Å². The molecule has 0 bridgehead atoms. The Morgan fingerprint density at radius 1 is 0.350 bits per heavy atom. The number of fused-ring (bicyclic) bond motifs is 15. The molecule has 4 aromatic heterocycles. The summed E-state index contributed by atoms with van der Waals surface area (Å²) in [6.45, 7) is 0. The number of aromatic nitrogens is 2. The van der Waals surface area contributed by atoms with Gasteiger partial charge in [-0.15, -0.1) is 0 Å². The van der Waals surface area contributed by atoms with E-state index in [0.717, 1.165) is 50.0 Å². The van der Waals surface area contributed by atoms with Gasteiger partial charge in [0.25, 0.3) is 0 Å². The van der Waals surface area contributed by atoms with Gasteiger partial charge in [0.2, 0.25) is 0 Å². The van der Waals surface area contributed by atoms with Crippen LogP contribution in [0.2, 0.25) is 0 Å². The number of nitrogens with zero attached hydrogens (tertiary/aromatic N) is 3. The average Bonchev–Trinajstić information content (AvgIpc) is 3.98. The van der Waals surface area contributed by atoms with Gasteiger partial charge in [-0.05, 0) is 99.4 Å². The van der Waals surface area contributed by atoms with Crippen molar-refractivity contribution in [1.29, 1.82) is 0 Å².